The first kappa shape index (κ1) is 12.5. The molecule has 0 spiro atoms. The van der Waals surface area contributed by atoms with Crippen LogP contribution in [0.4, 0.5) is 0 Å². The monoisotopic (exact) mass is 366 g/mol. The number of hydrogen-bond acceptors (Lipinski definition) is 3. The molecule has 6 heteroatoms. The lowest BCUT2D eigenvalue weighted by Crippen LogP contribution is -2.36. The summed E-state index contributed by atoms with van der Waals surface area (Å²) < 4.78 is 1.90. The number of nitrogens with zero attached hydrogens (tertiary/aromatic N) is 1. The fourth-order valence-corrected chi connectivity index (χ4v) is 3.71. The Morgan fingerprint density at radius 2 is 2.38 bits per heavy atom. The first-order valence-corrected chi connectivity index (χ1v) is 7.41. The molecule has 0 aliphatic carbocycles. The van der Waals surface area contributed by atoms with E-state index in [1.165, 1.54) is 11.3 Å². The molecule has 1 aliphatic rings. The summed E-state index contributed by atoms with van der Waals surface area (Å²) >= 11 is 8.22. The molecule has 1 aromatic heterocycles. The Hall–Kier alpha value is 0.0900. The Kier molecular flexibility index (Phi) is 4.05. The van der Waals surface area contributed by atoms with E-state index < -0.39 is 0 Å². The molecule has 1 fully saturated rings. The standard InChI is InChI=1S/C10H12Br2N2OS/c1-14-3-2-6(5-14)13-10(15)8-4-7(11)9(12)16-8/h4,6H,2-3,5H2,1H3,(H,13,15). The van der Waals surface area contributed by atoms with Gasteiger partial charge in [0.15, 0.2) is 0 Å². The molecule has 3 nitrogen and oxygen atoms in total. The van der Waals surface area contributed by atoms with E-state index in [0.29, 0.717) is 0 Å². The quantitative estimate of drug-likeness (QED) is 0.871. The van der Waals surface area contributed by atoms with Crippen molar-refractivity contribution >= 4 is 49.1 Å². The maximum atomic E-state index is 11.9. The maximum absolute atomic E-state index is 11.9. The Balaban J connectivity index is 1.98. The minimum atomic E-state index is 0.0247. The topological polar surface area (TPSA) is 32.3 Å². The van der Waals surface area contributed by atoms with Gasteiger partial charge in [0.2, 0.25) is 0 Å². The number of halogens is 2. The number of carbonyl (C=O) groups is 1. The molecule has 2 rings (SSSR count). The van der Waals surface area contributed by atoms with Crippen LogP contribution in [0.3, 0.4) is 0 Å². The van der Waals surface area contributed by atoms with Crippen LogP contribution >= 0.6 is 43.2 Å². The van der Waals surface area contributed by atoms with Crippen LogP contribution in [0.5, 0.6) is 0 Å². The van der Waals surface area contributed by atoms with Gasteiger partial charge in [-0.15, -0.1) is 11.3 Å². The third kappa shape index (κ3) is 2.85. The lowest BCUT2D eigenvalue weighted by molar-refractivity contribution is 0.0942. The zero-order valence-corrected chi connectivity index (χ0v) is 12.8. The van der Waals surface area contributed by atoms with Gasteiger partial charge < -0.3 is 10.2 Å². The number of amides is 1. The van der Waals surface area contributed by atoms with Crippen LogP contribution in [0.25, 0.3) is 0 Å². The summed E-state index contributed by atoms with van der Waals surface area (Å²) in [4.78, 5) is 14.9. The van der Waals surface area contributed by atoms with Crippen LogP contribution in [0.2, 0.25) is 0 Å². The highest BCUT2D eigenvalue weighted by Crippen LogP contribution is 2.32. The summed E-state index contributed by atoms with van der Waals surface area (Å²) in [7, 11) is 2.07. The number of carbonyl (C=O) groups excluding carboxylic acids is 1. The molecular weight excluding hydrogens is 356 g/mol. The third-order valence-electron chi connectivity index (χ3n) is 2.60. The number of nitrogens with one attached hydrogen (secondary N) is 1. The second-order valence-corrected chi connectivity index (χ2v) is 7.18. The maximum Gasteiger partial charge on any atom is 0.261 e. The highest BCUT2D eigenvalue weighted by Gasteiger charge is 2.22. The second kappa shape index (κ2) is 5.16. The SMILES string of the molecule is CN1CCC(NC(=O)c2cc(Br)c(Br)s2)C1. The highest BCUT2D eigenvalue weighted by atomic mass is 79.9. The van der Waals surface area contributed by atoms with Gasteiger partial charge in [0.25, 0.3) is 5.91 Å². The van der Waals surface area contributed by atoms with Crippen molar-refractivity contribution in [1.29, 1.82) is 0 Å². The van der Waals surface area contributed by atoms with Gasteiger partial charge in [-0.05, 0) is 57.9 Å². The van der Waals surface area contributed by atoms with E-state index in [1.807, 2.05) is 6.07 Å². The van der Waals surface area contributed by atoms with Crippen molar-refractivity contribution in [3.63, 3.8) is 0 Å². The fraction of sp³-hybridized carbons (Fsp3) is 0.500. The molecule has 1 aromatic rings. The summed E-state index contributed by atoms with van der Waals surface area (Å²) in [6.45, 7) is 2.00. The van der Waals surface area contributed by atoms with E-state index in [4.69, 9.17) is 0 Å². The molecule has 0 radical (unpaired) electrons. The van der Waals surface area contributed by atoms with Crippen molar-refractivity contribution in [2.75, 3.05) is 20.1 Å². The molecule has 1 N–H and O–H groups in total. The van der Waals surface area contributed by atoms with Crippen LogP contribution < -0.4 is 5.32 Å². The number of thiophene rings is 1. The van der Waals surface area contributed by atoms with E-state index >= 15 is 0 Å². The molecule has 0 aromatic carbocycles. The van der Waals surface area contributed by atoms with Gasteiger partial charge in [-0.2, -0.15) is 0 Å². The van der Waals surface area contributed by atoms with Crippen LogP contribution in [0, 0.1) is 0 Å². The third-order valence-corrected chi connectivity index (χ3v) is 5.85. The van der Waals surface area contributed by atoms with Crippen LogP contribution in [0.1, 0.15) is 16.1 Å². The number of likely N-dealkylation sites (N-methyl/N-ethyl adjacent to an activating group) is 1. The van der Waals surface area contributed by atoms with Crippen molar-refractivity contribution in [3.05, 3.63) is 19.2 Å². The molecule has 1 unspecified atom stereocenters. The van der Waals surface area contributed by atoms with Crippen molar-refractivity contribution in [3.8, 4) is 0 Å². The van der Waals surface area contributed by atoms with Gasteiger partial charge in [0.1, 0.15) is 0 Å². The molecule has 88 valence electrons. The molecule has 0 saturated carbocycles. The summed E-state index contributed by atoms with van der Waals surface area (Å²) in [6, 6.07) is 2.14. The zero-order valence-electron chi connectivity index (χ0n) is 8.80. The Labute approximate surface area is 115 Å². The average molecular weight is 368 g/mol. The van der Waals surface area contributed by atoms with Crippen LogP contribution in [-0.2, 0) is 0 Å². The average Bonchev–Trinajstić information content (AvgIpc) is 2.75. The molecular formula is C10H12Br2N2OS. The Morgan fingerprint density at radius 3 is 2.88 bits per heavy atom. The minimum Gasteiger partial charge on any atom is -0.347 e. The lowest BCUT2D eigenvalue weighted by Gasteiger charge is -2.11. The first-order chi connectivity index (χ1) is 7.56. The predicted octanol–water partition coefficient (Wildman–Crippen LogP) is 2.71. The molecule has 1 amide bonds. The summed E-state index contributed by atoms with van der Waals surface area (Å²) in [5.41, 5.74) is 0. The van der Waals surface area contributed by atoms with Crippen LogP contribution in [-0.4, -0.2) is 37.0 Å². The van der Waals surface area contributed by atoms with E-state index in [0.717, 1.165) is 32.6 Å². The van der Waals surface area contributed by atoms with Gasteiger partial charge in [0, 0.05) is 17.1 Å². The molecule has 2 heterocycles. The predicted molar refractivity (Wildman–Crippen MR) is 73.1 cm³/mol. The molecule has 16 heavy (non-hydrogen) atoms. The van der Waals surface area contributed by atoms with Crippen molar-refractivity contribution in [1.82, 2.24) is 10.2 Å². The normalized spacial score (nSPS) is 21.3. The summed E-state index contributed by atoms with van der Waals surface area (Å²) in [5, 5.41) is 3.05. The van der Waals surface area contributed by atoms with Gasteiger partial charge >= 0.3 is 0 Å². The summed E-state index contributed by atoms with van der Waals surface area (Å²) in [5.74, 6) is 0.0247. The van der Waals surface area contributed by atoms with Gasteiger partial charge in [-0.1, -0.05) is 0 Å². The lowest BCUT2D eigenvalue weighted by atomic mass is 10.2. The minimum absolute atomic E-state index is 0.0247. The van der Waals surface area contributed by atoms with Gasteiger partial charge in [-0.25, -0.2) is 0 Å². The van der Waals surface area contributed by atoms with Gasteiger partial charge in [0.05, 0.1) is 8.66 Å². The number of likely N-dealkylation sites (tertiary alicyclic amines) is 1. The molecule has 1 aliphatic heterocycles. The molecule has 1 saturated heterocycles. The highest BCUT2D eigenvalue weighted by molar-refractivity contribution is 9.13. The Bertz CT molecular complexity index is 388. The molecule has 1 atom stereocenters. The number of rotatable bonds is 2. The fourth-order valence-electron chi connectivity index (χ4n) is 1.77. The van der Waals surface area contributed by atoms with Crippen LogP contribution in [0.15, 0.2) is 14.3 Å². The van der Waals surface area contributed by atoms with Gasteiger partial charge in [-0.3, -0.25) is 4.79 Å². The summed E-state index contributed by atoms with van der Waals surface area (Å²) in [6.07, 6.45) is 1.04. The van der Waals surface area contributed by atoms with E-state index in [-0.39, 0.29) is 11.9 Å². The smallest absolute Gasteiger partial charge is 0.261 e. The molecule has 0 bridgehead atoms. The van der Waals surface area contributed by atoms with E-state index in [1.54, 1.807) is 0 Å². The van der Waals surface area contributed by atoms with E-state index in [9.17, 15) is 4.79 Å². The Morgan fingerprint density at radius 1 is 1.62 bits per heavy atom. The second-order valence-electron chi connectivity index (χ2n) is 3.95. The first-order valence-electron chi connectivity index (χ1n) is 5.00. The van der Waals surface area contributed by atoms with Crippen molar-refractivity contribution in [2.45, 2.75) is 12.5 Å². The number of hydrogen-bond donors (Lipinski definition) is 1. The zero-order chi connectivity index (χ0) is 11.7. The van der Waals surface area contributed by atoms with Crippen molar-refractivity contribution < 1.29 is 4.79 Å². The van der Waals surface area contributed by atoms with Crippen molar-refractivity contribution in [2.24, 2.45) is 0 Å². The largest absolute Gasteiger partial charge is 0.347 e. The van der Waals surface area contributed by atoms with E-state index in [2.05, 4.69) is 49.1 Å².